The van der Waals surface area contributed by atoms with Crippen LogP contribution >= 0.6 is 0 Å². The standard InChI is InChI=1S/C21H24FN3O5/c1-12(2)18(23-19(26)13-5-8-15(22)9-6-13)21(28)25-24-20(27)14-7-10-16(29-3)17(11-14)30-4/h5-12,18H,1-4H3,(H,23,26)(H,24,27)(H,25,28). The number of amides is 3. The Bertz CT molecular complexity index is 915. The SMILES string of the molecule is COc1ccc(C(=O)NNC(=O)C(NC(=O)c2ccc(F)cc2)C(C)C)cc1OC. The number of nitrogens with one attached hydrogen (secondary N) is 3. The van der Waals surface area contributed by atoms with Gasteiger partial charge in [-0.05, 0) is 48.4 Å². The second-order valence-electron chi connectivity index (χ2n) is 6.72. The van der Waals surface area contributed by atoms with Crippen LogP contribution in [-0.4, -0.2) is 38.0 Å². The molecule has 0 bridgehead atoms. The minimum Gasteiger partial charge on any atom is -0.493 e. The van der Waals surface area contributed by atoms with E-state index < -0.39 is 29.6 Å². The molecule has 0 aliphatic carbocycles. The lowest BCUT2D eigenvalue weighted by atomic mass is 10.0. The average molecular weight is 417 g/mol. The molecule has 0 saturated carbocycles. The highest BCUT2D eigenvalue weighted by molar-refractivity contribution is 5.99. The van der Waals surface area contributed by atoms with Gasteiger partial charge in [0.15, 0.2) is 11.5 Å². The molecule has 30 heavy (non-hydrogen) atoms. The molecule has 0 saturated heterocycles. The Morgan fingerprint density at radius 1 is 0.833 bits per heavy atom. The molecule has 160 valence electrons. The number of carbonyl (C=O) groups excluding carboxylic acids is 3. The van der Waals surface area contributed by atoms with Crippen LogP contribution in [0.25, 0.3) is 0 Å². The second-order valence-corrected chi connectivity index (χ2v) is 6.72. The van der Waals surface area contributed by atoms with Crippen LogP contribution in [0.3, 0.4) is 0 Å². The molecule has 1 unspecified atom stereocenters. The van der Waals surface area contributed by atoms with Crippen molar-refractivity contribution in [2.24, 2.45) is 5.92 Å². The molecule has 2 rings (SSSR count). The van der Waals surface area contributed by atoms with E-state index in [9.17, 15) is 18.8 Å². The fourth-order valence-electron chi connectivity index (χ4n) is 2.61. The fraction of sp³-hybridized carbons (Fsp3) is 0.286. The van der Waals surface area contributed by atoms with Crippen LogP contribution < -0.4 is 25.6 Å². The Morgan fingerprint density at radius 3 is 2.00 bits per heavy atom. The van der Waals surface area contributed by atoms with Gasteiger partial charge < -0.3 is 14.8 Å². The van der Waals surface area contributed by atoms with Gasteiger partial charge in [-0.2, -0.15) is 0 Å². The van der Waals surface area contributed by atoms with Crippen LogP contribution in [-0.2, 0) is 4.79 Å². The molecule has 2 aromatic rings. The summed E-state index contributed by atoms with van der Waals surface area (Å²) in [5.41, 5.74) is 5.07. The van der Waals surface area contributed by atoms with Crippen LogP contribution in [0.4, 0.5) is 4.39 Å². The maximum absolute atomic E-state index is 13.0. The van der Waals surface area contributed by atoms with Gasteiger partial charge in [0.1, 0.15) is 11.9 Å². The van der Waals surface area contributed by atoms with E-state index >= 15 is 0 Å². The highest BCUT2D eigenvalue weighted by Gasteiger charge is 2.25. The first-order valence-electron chi connectivity index (χ1n) is 9.15. The largest absolute Gasteiger partial charge is 0.493 e. The van der Waals surface area contributed by atoms with Gasteiger partial charge in [-0.15, -0.1) is 0 Å². The van der Waals surface area contributed by atoms with Crippen LogP contribution in [0.15, 0.2) is 42.5 Å². The van der Waals surface area contributed by atoms with E-state index in [2.05, 4.69) is 16.2 Å². The number of methoxy groups -OCH3 is 2. The zero-order chi connectivity index (χ0) is 22.3. The van der Waals surface area contributed by atoms with Gasteiger partial charge in [0.25, 0.3) is 17.7 Å². The van der Waals surface area contributed by atoms with E-state index in [0.717, 1.165) is 12.1 Å². The maximum Gasteiger partial charge on any atom is 0.269 e. The fourth-order valence-corrected chi connectivity index (χ4v) is 2.61. The lowest BCUT2D eigenvalue weighted by Gasteiger charge is -2.22. The first kappa shape index (κ1) is 22.7. The third-order valence-electron chi connectivity index (χ3n) is 4.29. The van der Waals surface area contributed by atoms with Crippen molar-refractivity contribution in [2.45, 2.75) is 19.9 Å². The Hall–Kier alpha value is -3.62. The van der Waals surface area contributed by atoms with Gasteiger partial charge in [-0.25, -0.2) is 4.39 Å². The van der Waals surface area contributed by atoms with Gasteiger partial charge in [0.05, 0.1) is 14.2 Å². The Labute approximate surface area is 173 Å². The molecule has 0 aliphatic rings. The number of rotatable bonds is 7. The van der Waals surface area contributed by atoms with Crippen LogP contribution in [0, 0.1) is 11.7 Å². The van der Waals surface area contributed by atoms with Crippen molar-refractivity contribution >= 4 is 17.7 Å². The molecular weight excluding hydrogens is 393 g/mol. The lowest BCUT2D eigenvalue weighted by Crippen LogP contribution is -2.54. The number of carbonyl (C=O) groups is 3. The van der Waals surface area contributed by atoms with Gasteiger partial charge >= 0.3 is 0 Å². The molecule has 0 aromatic heterocycles. The van der Waals surface area contributed by atoms with Gasteiger partial charge in [0, 0.05) is 11.1 Å². The van der Waals surface area contributed by atoms with Gasteiger partial charge in [-0.3, -0.25) is 25.2 Å². The third kappa shape index (κ3) is 5.69. The van der Waals surface area contributed by atoms with E-state index in [-0.39, 0.29) is 17.0 Å². The topological polar surface area (TPSA) is 106 Å². The Morgan fingerprint density at radius 2 is 1.43 bits per heavy atom. The van der Waals surface area contributed by atoms with Crippen LogP contribution in [0.1, 0.15) is 34.6 Å². The van der Waals surface area contributed by atoms with Crippen molar-refractivity contribution < 1.29 is 28.2 Å². The molecule has 0 aliphatic heterocycles. The van der Waals surface area contributed by atoms with E-state index in [1.165, 1.54) is 38.5 Å². The van der Waals surface area contributed by atoms with Crippen molar-refractivity contribution in [3.05, 3.63) is 59.4 Å². The summed E-state index contributed by atoms with van der Waals surface area (Å²) in [7, 11) is 2.92. The molecule has 0 spiro atoms. The summed E-state index contributed by atoms with van der Waals surface area (Å²) in [5.74, 6) is -1.62. The number of hydrogen-bond donors (Lipinski definition) is 3. The average Bonchev–Trinajstić information content (AvgIpc) is 2.75. The summed E-state index contributed by atoms with van der Waals surface area (Å²) in [4.78, 5) is 37.2. The normalized spacial score (nSPS) is 11.4. The summed E-state index contributed by atoms with van der Waals surface area (Å²) in [6, 6.07) is 8.57. The molecule has 8 nitrogen and oxygen atoms in total. The van der Waals surface area contributed by atoms with Crippen molar-refractivity contribution in [1.82, 2.24) is 16.2 Å². The second kappa shape index (κ2) is 10.2. The number of hydrogen-bond acceptors (Lipinski definition) is 5. The van der Waals surface area contributed by atoms with Gasteiger partial charge in [-0.1, -0.05) is 13.8 Å². The molecule has 2 aromatic carbocycles. The summed E-state index contributed by atoms with van der Waals surface area (Å²) in [6.45, 7) is 3.48. The summed E-state index contributed by atoms with van der Waals surface area (Å²) in [5, 5.41) is 2.59. The molecule has 0 fully saturated rings. The van der Waals surface area contributed by atoms with Crippen LogP contribution in [0.2, 0.25) is 0 Å². The minimum absolute atomic E-state index is 0.212. The molecule has 9 heteroatoms. The third-order valence-corrected chi connectivity index (χ3v) is 4.29. The Kier molecular flexibility index (Phi) is 7.74. The monoisotopic (exact) mass is 417 g/mol. The predicted octanol–water partition coefficient (Wildman–Crippen LogP) is 2.06. The maximum atomic E-state index is 13.0. The van der Waals surface area contributed by atoms with Crippen molar-refractivity contribution in [3.8, 4) is 11.5 Å². The van der Waals surface area contributed by atoms with Crippen molar-refractivity contribution in [1.29, 1.82) is 0 Å². The smallest absolute Gasteiger partial charge is 0.269 e. The first-order chi connectivity index (χ1) is 14.3. The zero-order valence-corrected chi connectivity index (χ0v) is 17.1. The summed E-state index contributed by atoms with van der Waals surface area (Å²) >= 11 is 0. The Balaban J connectivity index is 2.02. The predicted molar refractivity (Wildman–Crippen MR) is 108 cm³/mol. The van der Waals surface area contributed by atoms with E-state index in [1.807, 2.05) is 0 Å². The number of ether oxygens (including phenoxy) is 2. The van der Waals surface area contributed by atoms with Crippen LogP contribution in [0.5, 0.6) is 11.5 Å². The van der Waals surface area contributed by atoms with E-state index in [4.69, 9.17) is 9.47 Å². The lowest BCUT2D eigenvalue weighted by molar-refractivity contribution is -0.124. The number of benzene rings is 2. The quantitative estimate of drug-likeness (QED) is 0.598. The number of halogens is 1. The first-order valence-corrected chi connectivity index (χ1v) is 9.15. The van der Waals surface area contributed by atoms with E-state index in [0.29, 0.717) is 11.5 Å². The molecule has 0 radical (unpaired) electrons. The van der Waals surface area contributed by atoms with E-state index in [1.54, 1.807) is 19.9 Å². The zero-order valence-electron chi connectivity index (χ0n) is 17.1. The molecule has 0 heterocycles. The minimum atomic E-state index is -0.923. The highest BCUT2D eigenvalue weighted by atomic mass is 19.1. The highest BCUT2D eigenvalue weighted by Crippen LogP contribution is 2.27. The van der Waals surface area contributed by atoms with Gasteiger partial charge in [0.2, 0.25) is 0 Å². The molecular formula is C21H24FN3O5. The van der Waals surface area contributed by atoms with Crippen molar-refractivity contribution in [2.75, 3.05) is 14.2 Å². The summed E-state index contributed by atoms with van der Waals surface area (Å²) < 4.78 is 23.3. The molecule has 3 amide bonds. The van der Waals surface area contributed by atoms with Crippen molar-refractivity contribution in [3.63, 3.8) is 0 Å². The molecule has 1 atom stereocenters. The summed E-state index contributed by atoms with van der Waals surface area (Å²) in [6.07, 6.45) is 0. The molecule has 3 N–H and O–H groups in total. The number of hydrazine groups is 1.